The minimum atomic E-state index is 0.400. The van der Waals surface area contributed by atoms with Crippen LogP contribution in [-0.4, -0.2) is 49.3 Å². The van der Waals surface area contributed by atoms with Gasteiger partial charge in [-0.3, -0.25) is 4.90 Å². The Hall–Kier alpha value is -0.120. The Morgan fingerprint density at radius 2 is 2.19 bits per heavy atom. The van der Waals surface area contributed by atoms with Gasteiger partial charge in [-0.2, -0.15) is 0 Å². The molecule has 0 amide bonds. The van der Waals surface area contributed by atoms with E-state index >= 15 is 0 Å². The highest BCUT2D eigenvalue weighted by Gasteiger charge is 2.25. The minimum absolute atomic E-state index is 0.400. The van der Waals surface area contributed by atoms with E-state index in [1.165, 1.54) is 19.4 Å². The van der Waals surface area contributed by atoms with Crippen LogP contribution in [0.2, 0.25) is 0 Å². The van der Waals surface area contributed by atoms with Gasteiger partial charge in [0.05, 0.1) is 12.7 Å². The van der Waals surface area contributed by atoms with E-state index in [0.29, 0.717) is 18.2 Å². The van der Waals surface area contributed by atoms with Gasteiger partial charge in [-0.15, -0.1) is 0 Å². The summed E-state index contributed by atoms with van der Waals surface area (Å²) < 4.78 is 5.71. The topological polar surface area (TPSA) is 24.5 Å². The second-order valence-corrected chi connectivity index (χ2v) is 4.95. The molecule has 0 saturated carbocycles. The number of nitrogens with zero attached hydrogens (tertiary/aromatic N) is 1. The third-order valence-corrected chi connectivity index (χ3v) is 3.45. The Balaban J connectivity index is 2.31. The summed E-state index contributed by atoms with van der Waals surface area (Å²) in [4.78, 5) is 2.60. The molecule has 1 heterocycles. The van der Waals surface area contributed by atoms with E-state index in [1.807, 2.05) is 0 Å². The van der Waals surface area contributed by atoms with E-state index in [0.717, 1.165) is 19.7 Å². The summed E-state index contributed by atoms with van der Waals surface area (Å²) in [5.41, 5.74) is 0. The molecule has 0 aliphatic carbocycles. The largest absolute Gasteiger partial charge is 0.376 e. The summed E-state index contributed by atoms with van der Waals surface area (Å²) in [5, 5.41) is 3.47. The lowest BCUT2D eigenvalue weighted by Gasteiger charge is -2.38. The smallest absolute Gasteiger partial charge is 0.0674 e. The molecule has 0 aromatic rings. The zero-order valence-corrected chi connectivity index (χ0v) is 11.3. The lowest BCUT2D eigenvalue weighted by Crippen LogP contribution is -2.49. The predicted molar refractivity (Wildman–Crippen MR) is 68.8 cm³/mol. The Kier molecular flexibility index (Phi) is 6.32. The summed E-state index contributed by atoms with van der Waals surface area (Å²) in [6, 6.07) is 1.26. The maximum Gasteiger partial charge on any atom is 0.0674 e. The van der Waals surface area contributed by atoms with Crippen molar-refractivity contribution in [3.8, 4) is 0 Å². The van der Waals surface area contributed by atoms with E-state index in [4.69, 9.17) is 4.74 Å². The molecule has 0 spiro atoms. The SMILES string of the molecule is CCNC(C)CCN1CC(C)OCC1CC. The van der Waals surface area contributed by atoms with Crippen LogP contribution in [0.4, 0.5) is 0 Å². The van der Waals surface area contributed by atoms with E-state index in [1.54, 1.807) is 0 Å². The molecule has 0 aromatic heterocycles. The zero-order chi connectivity index (χ0) is 12.0. The van der Waals surface area contributed by atoms with Crippen molar-refractivity contribution in [2.24, 2.45) is 0 Å². The monoisotopic (exact) mass is 228 g/mol. The molecule has 1 aliphatic rings. The van der Waals surface area contributed by atoms with E-state index in [-0.39, 0.29) is 0 Å². The predicted octanol–water partition coefficient (Wildman–Crippen LogP) is 1.87. The van der Waals surface area contributed by atoms with Gasteiger partial charge in [0.2, 0.25) is 0 Å². The molecule has 3 heteroatoms. The lowest BCUT2D eigenvalue weighted by atomic mass is 10.1. The van der Waals surface area contributed by atoms with Gasteiger partial charge in [-0.05, 0) is 33.2 Å². The van der Waals surface area contributed by atoms with Gasteiger partial charge in [0.1, 0.15) is 0 Å². The van der Waals surface area contributed by atoms with Crippen molar-refractivity contribution < 1.29 is 4.74 Å². The van der Waals surface area contributed by atoms with Crippen LogP contribution in [0.15, 0.2) is 0 Å². The van der Waals surface area contributed by atoms with Crippen molar-refractivity contribution in [1.82, 2.24) is 10.2 Å². The van der Waals surface area contributed by atoms with Crippen LogP contribution in [0, 0.1) is 0 Å². The Labute approximate surface area is 101 Å². The molecule has 3 atom stereocenters. The second kappa shape index (κ2) is 7.25. The molecule has 1 rings (SSSR count). The average Bonchev–Trinajstić information content (AvgIpc) is 2.27. The average molecular weight is 228 g/mol. The molecular formula is C13H28N2O. The Bertz CT molecular complexity index is 187. The molecule has 0 radical (unpaired) electrons. The first kappa shape index (κ1) is 13.9. The molecule has 0 aromatic carbocycles. The number of morpholine rings is 1. The first-order valence-corrected chi connectivity index (χ1v) is 6.76. The summed E-state index contributed by atoms with van der Waals surface area (Å²) >= 11 is 0. The fourth-order valence-corrected chi connectivity index (χ4v) is 2.37. The summed E-state index contributed by atoms with van der Waals surface area (Å²) in [6.07, 6.45) is 2.83. The third-order valence-electron chi connectivity index (χ3n) is 3.45. The summed E-state index contributed by atoms with van der Waals surface area (Å²) in [5.74, 6) is 0. The quantitative estimate of drug-likeness (QED) is 0.751. The Morgan fingerprint density at radius 3 is 2.81 bits per heavy atom. The molecule has 96 valence electrons. The van der Waals surface area contributed by atoms with Crippen molar-refractivity contribution in [3.05, 3.63) is 0 Å². The van der Waals surface area contributed by atoms with Crippen molar-refractivity contribution in [2.45, 2.75) is 58.7 Å². The van der Waals surface area contributed by atoms with Crippen LogP contribution in [0.25, 0.3) is 0 Å². The molecule has 16 heavy (non-hydrogen) atoms. The van der Waals surface area contributed by atoms with Crippen LogP contribution in [-0.2, 0) is 4.74 Å². The van der Waals surface area contributed by atoms with Gasteiger partial charge in [0.15, 0.2) is 0 Å². The highest BCUT2D eigenvalue weighted by Crippen LogP contribution is 2.15. The first-order chi connectivity index (χ1) is 7.67. The molecule has 1 aliphatic heterocycles. The number of rotatable bonds is 6. The number of ether oxygens (including phenoxy) is 1. The van der Waals surface area contributed by atoms with Crippen molar-refractivity contribution in [3.63, 3.8) is 0 Å². The standard InChI is InChI=1S/C13H28N2O/c1-5-13-10-16-12(4)9-15(13)8-7-11(3)14-6-2/h11-14H,5-10H2,1-4H3. The van der Waals surface area contributed by atoms with Crippen LogP contribution in [0.5, 0.6) is 0 Å². The molecule has 0 bridgehead atoms. The van der Waals surface area contributed by atoms with Crippen LogP contribution >= 0.6 is 0 Å². The highest BCUT2D eigenvalue weighted by molar-refractivity contribution is 4.78. The number of nitrogens with one attached hydrogen (secondary N) is 1. The second-order valence-electron chi connectivity index (χ2n) is 4.95. The Morgan fingerprint density at radius 1 is 1.44 bits per heavy atom. The molecule has 1 saturated heterocycles. The van der Waals surface area contributed by atoms with Gasteiger partial charge in [-0.25, -0.2) is 0 Å². The molecule has 3 nitrogen and oxygen atoms in total. The fraction of sp³-hybridized carbons (Fsp3) is 1.00. The molecule has 1 fully saturated rings. The van der Waals surface area contributed by atoms with Crippen LogP contribution in [0.1, 0.15) is 40.5 Å². The zero-order valence-electron chi connectivity index (χ0n) is 11.3. The van der Waals surface area contributed by atoms with E-state index in [9.17, 15) is 0 Å². The molecule has 1 N–H and O–H groups in total. The van der Waals surface area contributed by atoms with E-state index in [2.05, 4.69) is 37.9 Å². The fourth-order valence-electron chi connectivity index (χ4n) is 2.37. The number of hydrogen-bond donors (Lipinski definition) is 1. The normalized spacial score (nSPS) is 29.2. The maximum atomic E-state index is 5.71. The van der Waals surface area contributed by atoms with Crippen molar-refractivity contribution in [1.29, 1.82) is 0 Å². The van der Waals surface area contributed by atoms with Crippen molar-refractivity contribution in [2.75, 3.05) is 26.2 Å². The van der Waals surface area contributed by atoms with Crippen LogP contribution in [0.3, 0.4) is 0 Å². The first-order valence-electron chi connectivity index (χ1n) is 6.76. The summed E-state index contributed by atoms with van der Waals surface area (Å²) in [6.45, 7) is 13.1. The van der Waals surface area contributed by atoms with Gasteiger partial charge in [0.25, 0.3) is 0 Å². The summed E-state index contributed by atoms with van der Waals surface area (Å²) in [7, 11) is 0. The number of hydrogen-bond acceptors (Lipinski definition) is 3. The third kappa shape index (κ3) is 4.40. The maximum absolute atomic E-state index is 5.71. The minimum Gasteiger partial charge on any atom is -0.376 e. The lowest BCUT2D eigenvalue weighted by molar-refractivity contribution is -0.0565. The van der Waals surface area contributed by atoms with Gasteiger partial charge in [-0.1, -0.05) is 13.8 Å². The van der Waals surface area contributed by atoms with E-state index < -0.39 is 0 Å². The highest BCUT2D eigenvalue weighted by atomic mass is 16.5. The van der Waals surface area contributed by atoms with Gasteiger partial charge in [0, 0.05) is 25.2 Å². The molecule has 3 unspecified atom stereocenters. The molecular weight excluding hydrogens is 200 g/mol. The van der Waals surface area contributed by atoms with Gasteiger partial charge >= 0.3 is 0 Å². The van der Waals surface area contributed by atoms with Crippen LogP contribution < -0.4 is 5.32 Å². The van der Waals surface area contributed by atoms with Gasteiger partial charge < -0.3 is 10.1 Å². The van der Waals surface area contributed by atoms with Crippen molar-refractivity contribution >= 4 is 0 Å².